The molecule has 0 amide bonds. The van der Waals surface area contributed by atoms with Gasteiger partial charge in [-0.05, 0) is 57.8 Å². The molecule has 0 aliphatic rings. The highest BCUT2D eigenvalue weighted by molar-refractivity contribution is 5.71. The minimum Gasteiger partial charge on any atom is -0.462 e. The van der Waals surface area contributed by atoms with Crippen LogP contribution in [0.3, 0.4) is 0 Å². The fourth-order valence-electron chi connectivity index (χ4n) is 9.57. The summed E-state index contributed by atoms with van der Waals surface area (Å²) < 4.78 is 16.8. The maximum Gasteiger partial charge on any atom is 0.306 e. The van der Waals surface area contributed by atoms with E-state index in [9.17, 15) is 14.4 Å². The lowest BCUT2D eigenvalue weighted by Crippen LogP contribution is -2.30. The lowest BCUT2D eigenvalue weighted by atomic mass is 10.0. The van der Waals surface area contributed by atoms with Crippen molar-refractivity contribution in [3.8, 4) is 0 Å². The summed E-state index contributed by atoms with van der Waals surface area (Å²) in [4.78, 5) is 38.0. The van der Waals surface area contributed by atoms with Crippen LogP contribution in [0.5, 0.6) is 0 Å². The average molecular weight is 1010 g/mol. The lowest BCUT2D eigenvalue weighted by molar-refractivity contribution is -0.167. The smallest absolute Gasteiger partial charge is 0.306 e. The van der Waals surface area contributed by atoms with Gasteiger partial charge in [-0.15, -0.1) is 0 Å². The molecule has 72 heavy (non-hydrogen) atoms. The van der Waals surface area contributed by atoms with E-state index in [4.69, 9.17) is 14.2 Å². The normalized spacial score (nSPS) is 12.2. The van der Waals surface area contributed by atoms with E-state index in [2.05, 4.69) is 57.2 Å². The molecule has 422 valence electrons. The zero-order valence-electron chi connectivity index (χ0n) is 48.5. The van der Waals surface area contributed by atoms with Crippen molar-refractivity contribution in [2.45, 2.75) is 354 Å². The first kappa shape index (κ1) is 69.6. The van der Waals surface area contributed by atoms with Crippen LogP contribution in [0.4, 0.5) is 0 Å². The number of allylic oxidation sites excluding steroid dienone is 6. The molecule has 0 rings (SSSR count). The second kappa shape index (κ2) is 61.2. The van der Waals surface area contributed by atoms with Crippen LogP contribution < -0.4 is 0 Å². The number of carbonyl (C=O) groups excluding carboxylic acids is 3. The summed E-state index contributed by atoms with van der Waals surface area (Å²) in [7, 11) is 0. The van der Waals surface area contributed by atoms with Gasteiger partial charge < -0.3 is 14.2 Å². The molecule has 0 spiro atoms. The molecular weight excluding hydrogens is 889 g/mol. The molecule has 1 atom stereocenters. The first-order valence-electron chi connectivity index (χ1n) is 32.0. The molecule has 0 radical (unpaired) electrons. The number of ether oxygens (including phenoxy) is 3. The Bertz CT molecular complexity index is 1210. The van der Waals surface area contributed by atoms with E-state index in [-0.39, 0.29) is 31.1 Å². The fourth-order valence-corrected chi connectivity index (χ4v) is 9.57. The van der Waals surface area contributed by atoms with E-state index in [1.54, 1.807) is 0 Å². The summed E-state index contributed by atoms with van der Waals surface area (Å²) in [5, 5.41) is 0. The van der Waals surface area contributed by atoms with E-state index >= 15 is 0 Å². The van der Waals surface area contributed by atoms with Crippen molar-refractivity contribution >= 4 is 17.9 Å². The van der Waals surface area contributed by atoms with Gasteiger partial charge in [0.1, 0.15) is 13.2 Å². The van der Waals surface area contributed by atoms with Crippen LogP contribution in [0.25, 0.3) is 0 Å². The maximum absolute atomic E-state index is 12.8. The van der Waals surface area contributed by atoms with Gasteiger partial charge in [0.25, 0.3) is 0 Å². The molecule has 0 aromatic rings. The van der Waals surface area contributed by atoms with Gasteiger partial charge in [0.2, 0.25) is 0 Å². The van der Waals surface area contributed by atoms with Crippen molar-refractivity contribution in [3.63, 3.8) is 0 Å². The van der Waals surface area contributed by atoms with Gasteiger partial charge in [-0.3, -0.25) is 14.4 Å². The van der Waals surface area contributed by atoms with Crippen molar-refractivity contribution in [3.05, 3.63) is 36.5 Å². The number of esters is 3. The Labute approximate surface area is 448 Å². The minimum absolute atomic E-state index is 0.0659. The van der Waals surface area contributed by atoms with E-state index in [1.165, 1.54) is 238 Å². The second-order valence-corrected chi connectivity index (χ2v) is 21.7. The lowest BCUT2D eigenvalue weighted by Gasteiger charge is -2.18. The summed E-state index contributed by atoms with van der Waals surface area (Å²) >= 11 is 0. The van der Waals surface area contributed by atoms with Crippen LogP contribution >= 0.6 is 0 Å². The topological polar surface area (TPSA) is 78.9 Å². The number of unbranched alkanes of at least 4 members (excludes halogenated alkanes) is 42. The van der Waals surface area contributed by atoms with Gasteiger partial charge in [0, 0.05) is 19.3 Å². The van der Waals surface area contributed by atoms with Gasteiger partial charge in [0.15, 0.2) is 6.10 Å². The molecule has 0 aromatic carbocycles. The van der Waals surface area contributed by atoms with E-state index in [1.807, 2.05) is 0 Å². The van der Waals surface area contributed by atoms with Crippen LogP contribution in [-0.4, -0.2) is 37.2 Å². The Hall–Kier alpha value is -2.37. The third kappa shape index (κ3) is 58.5. The van der Waals surface area contributed by atoms with Crippen LogP contribution in [-0.2, 0) is 28.6 Å². The quantitative estimate of drug-likeness (QED) is 0.0261. The molecule has 0 heterocycles. The number of carbonyl (C=O) groups is 3. The summed E-state index contributed by atoms with van der Waals surface area (Å²) in [6.45, 7) is 6.63. The predicted octanol–water partition coefficient (Wildman–Crippen LogP) is 21.6. The summed E-state index contributed by atoms with van der Waals surface area (Å²) in [5.74, 6) is -0.852. The average Bonchev–Trinajstić information content (AvgIpc) is 3.38. The highest BCUT2D eigenvalue weighted by atomic mass is 16.6. The van der Waals surface area contributed by atoms with Crippen molar-refractivity contribution in [2.24, 2.45) is 0 Å². The molecular formula is C66H122O6. The van der Waals surface area contributed by atoms with Crippen molar-refractivity contribution in [2.75, 3.05) is 13.2 Å². The Balaban J connectivity index is 3.95. The van der Waals surface area contributed by atoms with E-state index < -0.39 is 6.10 Å². The van der Waals surface area contributed by atoms with Crippen molar-refractivity contribution in [1.82, 2.24) is 0 Å². The molecule has 6 nitrogen and oxygen atoms in total. The predicted molar refractivity (Wildman–Crippen MR) is 312 cm³/mol. The van der Waals surface area contributed by atoms with Gasteiger partial charge in [-0.25, -0.2) is 0 Å². The maximum atomic E-state index is 12.8. The molecule has 6 heteroatoms. The monoisotopic (exact) mass is 1010 g/mol. The highest BCUT2D eigenvalue weighted by Gasteiger charge is 2.19. The Morgan fingerprint density at radius 1 is 0.278 bits per heavy atom. The van der Waals surface area contributed by atoms with Gasteiger partial charge in [-0.2, -0.15) is 0 Å². The van der Waals surface area contributed by atoms with Crippen LogP contribution in [0.2, 0.25) is 0 Å². The van der Waals surface area contributed by atoms with E-state index in [0.29, 0.717) is 19.3 Å². The molecule has 0 aliphatic carbocycles. The molecule has 0 aromatic heterocycles. The SMILES string of the molecule is CCCCCCC/C=C\C/C=C\C/C=C\CCCCCCCCCCCCCCCCCCCCC(=O)OCC(COC(=O)CCCCCCCCC)OC(=O)CCCCCCCCCCCCCCCC. The minimum atomic E-state index is -0.764. The molecule has 0 N–H and O–H groups in total. The van der Waals surface area contributed by atoms with Crippen LogP contribution in [0.15, 0.2) is 36.5 Å². The standard InChI is InChI=1S/C66H122O6/c1-4-7-10-13-16-18-20-22-24-25-26-27-28-29-30-31-32-33-34-35-36-37-38-39-40-41-42-44-45-47-50-53-56-59-65(68)71-62-63(61-70-64(67)58-55-52-49-15-12-9-6-3)72-66(69)60-57-54-51-48-46-43-23-21-19-17-14-11-8-5-2/h20,22,25-26,28-29,63H,4-19,21,23-24,27,30-62H2,1-3H3/b22-20-,26-25-,29-28-. The van der Waals surface area contributed by atoms with Crippen LogP contribution in [0.1, 0.15) is 348 Å². The van der Waals surface area contributed by atoms with Crippen molar-refractivity contribution < 1.29 is 28.6 Å². The van der Waals surface area contributed by atoms with Crippen LogP contribution in [0, 0.1) is 0 Å². The van der Waals surface area contributed by atoms with Gasteiger partial charge in [0.05, 0.1) is 0 Å². The molecule has 1 unspecified atom stereocenters. The van der Waals surface area contributed by atoms with Crippen molar-refractivity contribution in [1.29, 1.82) is 0 Å². The summed E-state index contributed by atoms with van der Waals surface area (Å²) in [5.41, 5.74) is 0. The zero-order chi connectivity index (χ0) is 52.2. The molecule has 0 aliphatic heterocycles. The third-order valence-electron chi connectivity index (χ3n) is 14.4. The first-order valence-corrected chi connectivity index (χ1v) is 32.0. The summed E-state index contributed by atoms with van der Waals surface area (Å²) in [6, 6.07) is 0. The summed E-state index contributed by atoms with van der Waals surface area (Å²) in [6.07, 6.45) is 74.8. The fraction of sp³-hybridized carbons (Fsp3) is 0.864. The second-order valence-electron chi connectivity index (χ2n) is 21.7. The van der Waals surface area contributed by atoms with Gasteiger partial charge >= 0.3 is 17.9 Å². The molecule has 0 saturated heterocycles. The Kier molecular flexibility index (Phi) is 59.2. The molecule has 0 fully saturated rings. The Morgan fingerprint density at radius 3 is 0.778 bits per heavy atom. The number of rotatable bonds is 59. The highest BCUT2D eigenvalue weighted by Crippen LogP contribution is 2.18. The molecule has 0 saturated carbocycles. The number of hydrogen-bond donors (Lipinski definition) is 0. The number of hydrogen-bond acceptors (Lipinski definition) is 6. The third-order valence-corrected chi connectivity index (χ3v) is 14.4. The van der Waals surface area contributed by atoms with E-state index in [0.717, 1.165) is 70.6 Å². The van der Waals surface area contributed by atoms with Gasteiger partial charge in [-0.1, -0.05) is 308 Å². The molecule has 0 bridgehead atoms. The Morgan fingerprint density at radius 2 is 0.500 bits per heavy atom. The first-order chi connectivity index (χ1) is 35.5. The zero-order valence-corrected chi connectivity index (χ0v) is 48.5. The largest absolute Gasteiger partial charge is 0.462 e.